The van der Waals surface area contributed by atoms with E-state index in [4.69, 9.17) is 10.8 Å². The Hall–Kier alpha value is -1.08. The van der Waals surface area contributed by atoms with Crippen LogP contribution in [0.2, 0.25) is 0 Å². The van der Waals surface area contributed by atoms with Gasteiger partial charge in [0.1, 0.15) is 6.04 Å². The molecular formula is C10H16N2O4S. The predicted octanol–water partition coefficient (Wildman–Crippen LogP) is -0.329. The summed E-state index contributed by atoms with van der Waals surface area (Å²) in [6.45, 7) is 0.407. The molecule has 1 unspecified atom stereocenters. The molecular weight excluding hydrogens is 244 g/mol. The summed E-state index contributed by atoms with van der Waals surface area (Å²) in [6.07, 6.45) is 1.02. The molecule has 1 rings (SSSR count). The number of amides is 2. The first-order valence-electron chi connectivity index (χ1n) is 5.41. The van der Waals surface area contributed by atoms with Gasteiger partial charge in [-0.1, -0.05) is 0 Å². The van der Waals surface area contributed by atoms with Gasteiger partial charge in [-0.2, -0.15) is 11.8 Å². The van der Waals surface area contributed by atoms with Crippen molar-refractivity contribution in [2.45, 2.75) is 25.3 Å². The van der Waals surface area contributed by atoms with Crippen molar-refractivity contribution in [3.05, 3.63) is 0 Å². The normalized spacial score (nSPS) is 17.6. The number of carboxylic acid groups (broad SMARTS) is 1. The molecule has 1 aliphatic rings. The molecule has 1 saturated heterocycles. The quantitative estimate of drug-likeness (QED) is 0.480. The number of imide groups is 1. The molecule has 6 nitrogen and oxygen atoms in total. The Morgan fingerprint density at radius 2 is 1.94 bits per heavy atom. The van der Waals surface area contributed by atoms with Crippen LogP contribution in [0.15, 0.2) is 0 Å². The van der Waals surface area contributed by atoms with Crippen molar-refractivity contribution < 1.29 is 19.5 Å². The lowest BCUT2D eigenvalue weighted by molar-refractivity contribution is -0.139. The highest BCUT2D eigenvalue weighted by atomic mass is 32.2. The fraction of sp³-hybridized carbons (Fsp3) is 0.700. The first kappa shape index (κ1) is 14.0. The van der Waals surface area contributed by atoms with Gasteiger partial charge in [-0.05, 0) is 12.2 Å². The minimum absolute atomic E-state index is 0.113. The maximum absolute atomic E-state index is 11.2. The summed E-state index contributed by atoms with van der Waals surface area (Å²) >= 11 is 1.50. The van der Waals surface area contributed by atoms with Gasteiger partial charge in [0.15, 0.2) is 0 Å². The zero-order valence-electron chi connectivity index (χ0n) is 9.42. The van der Waals surface area contributed by atoms with E-state index in [9.17, 15) is 14.4 Å². The Balaban J connectivity index is 2.10. The fourth-order valence-electron chi connectivity index (χ4n) is 1.46. The van der Waals surface area contributed by atoms with Crippen molar-refractivity contribution in [1.29, 1.82) is 0 Å². The molecule has 2 amide bonds. The molecule has 0 spiro atoms. The van der Waals surface area contributed by atoms with Crippen LogP contribution in [-0.2, 0) is 14.4 Å². The van der Waals surface area contributed by atoms with Crippen molar-refractivity contribution in [2.24, 2.45) is 5.73 Å². The molecule has 96 valence electrons. The monoisotopic (exact) mass is 260 g/mol. The van der Waals surface area contributed by atoms with E-state index in [1.54, 1.807) is 0 Å². The van der Waals surface area contributed by atoms with Gasteiger partial charge in [0, 0.05) is 25.1 Å². The Kier molecular flexibility index (Phi) is 5.43. The van der Waals surface area contributed by atoms with Crippen molar-refractivity contribution in [1.82, 2.24) is 4.90 Å². The molecule has 1 atom stereocenters. The van der Waals surface area contributed by atoms with Gasteiger partial charge in [0.2, 0.25) is 11.8 Å². The fourth-order valence-corrected chi connectivity index (χ4v) is 2.40. The second-order valence-electron chi connectivity index (χ2n) is 3.78. The first-order chi connectivity index (χ1) is 8.02. The van der Waals surface area contributed by atoms with E-state index in [2.05, 4.69) is 0 Å². The number of thioether (sulfide) groups is 1. The number of hydrogen-bond acceptors (Lipinski definition) is 5. The minimum Gasteiger partial charge on any atom is -0.480 e. The van der Waals surface area contributed by atoms with Gasteiger partial charge < -0.3 is 10.8 Å². The van der Waals surface area contributed by atoms with Crippen LogP contribution in [0.25, 0.3) is 0 Å². The smallest absolute Gasteiger partial charge is 0.320 e. The second-order valence-corrected chi connectivity index (χ2v) is 5.01. The summed E-state index contributed by atoms with van der Waals surface area (Å²) in [7, 11) is 0. The van der Waals surface area contributed by atoms with Crippen molar-refractivity contribution in [2.75, 3.05) is 18.1 Å². The topological polar surface area (TPSA) is 101 Å². The molecule has 17 heavy (non-hydrogen) atoms. The zero-order valence-corrected chi connectivity index (χ0v) is 10.2. The third-order valence-corrected chi connectivity index (χ3v) is 3.50. The predicted molar refractivity (Wildman–Crippen MR) is 63.5 cm³/mol. The first-order valence-corrected chi connectivity index (χ1v) is 6.57. The van der Waals surface area contributed by atoms with Crippen LogP contribution in [0.3, 0.4) is 0 Å². The molecule has 1 aliphatic heterocycles. The summed E-state index contributed by atoms with van der Waals surface area (Å²) in [5, 5.41) is 8.55. The third kappa shape index (κ3) is 4.35. The molecule has 0 bridgehead atoms. The van der Waals surface area contributed by atoms with Gasteiger partial charge >= 0.3 is 5.97 Å². The van der Waals surface area contributed by atoms with Crippen LogP contribution >= 0.6 is 11.8 Å². The summed E-state index contributed by atoms with van der Waals surface area (Å²) in [6, 6.07) is -0.836. The molecule has 1 fully saturated rings. The standard InChI is InChI=1S/C10H16N2O4S/c11-7(10(15)16)3-5-17-6-4-12-8(13)1-2-9(12)14/h7H,1-6,11H2,(H,15,16). The average Bonchev–Trinajstić information content (AvgIpc) is 2.59. The third-order valence-electron chi connectivity index (χ3n) is 2.50. The van der Waals surface area contributed by atoms with Crippen LogP contribution in [0, 0.1) is 0 Å². The van der Waals surface area contributed by atoms with Crippen LogP contribution in [0.5, 0.6) is 0 Å². The number of carbonyl (C=O) groups excluding carboxylic acids is 2. The maximum atomic E-state index is 11.2. The lowest BCUT2D eigenvalue weighted by atomic mass is 10.2. The molecule has 3 N–H and O–H groups in total. The largest absolute Gasteiger partial charge is 0.480 e. The Bertz CT molecular complexity index is 305. The summed E-state index contributed by atoms with van der Waals surface area (Å²) in [5.41, 5.74) is 5.33. The molecule has 0 radical (unpaired) electrons. The number of likely N-dealkylation sites (tertiary alicyclic amines) is 1. The number of carboxylic acids is 1. The van der Waals surface area contributed by atoms with Gasteiger partial charge in [-0.3, -0.25) is 19.3 Å². The van der Waals surface area contributed by atoms with Crippen molar-refractivity contribution >= 4 is 29.5 Å². The highest BCUT2D eigenvalue weighted by molar-refractivity contribution is 7.99. The number of nitrogens with zero attached hydrogens (tertiary/aromatic N) is 1. The van der Waals surface area contributed by atoms with Crippen LogP contribution in [0.4, 0.5) is 0 Å². The van der Waals surface area contributed by atoms with Crippen LogP contribution < -0.4 is 5.73 Å². The summed E-state index contributed by atoms with van der Waals surface area (Å²) in [5.74, 6) is 0.0132. The molecule has 0 aromatic heterocycles. The lowest BCUT2D eigenvalue weighted by Gasteiger charge is -2.13. The summed E-state index contributed by atoms with van der Waals surface area (Å²) in [4.78, 5) is 34.2. The maximum Gasteiger partial charge on any atom is 0.320 e. The SMILES string of the molecule is NC(CCSCCN1C(=O)CCC1=O)C(=O)O. The Morgan fingerprint density at radius 3 is 2.47 bits per heavy atom. The Morgan fingerprint density at radius 1 is 1.35 bits per heavy atom. The molecule has 0 aromatic carbocycles. The highest BCUT2D eigenvalue weighted by Crippen LogP contribution is 2.13. The number of nitrogens with two attached hydrogens (primary N) is 1. The van der Waals surface area contributed by atoms with E-state index in [0.717, 1.165) is 0 Å². The molecule has 7 heteroatoms. The number of rotatable bonds is 7. The number of aliphatic carboxylic acids is 1. The molecule has 0 saturated carbocycles. The minimum atomic E-state index is -1.00. The van der Waals surface area contributed by atoms with Crippen LogP contribution in [0.1, 0.15) is 19.3 Å². The lowest BCUT2D eigenvalue weighted by Crippen LogP contribution is -2.32. The van der Waals surface area contributed by atoms with E-state index in [1.165, 1.54) is 16.7 Å². The van der Waals surface area contributed by atoms with E-state index < -0.39 is 12.0 Å². The van der Waals surface area contributed by atoms with E-state index in [1.807, 2.05) is 0 Å². The summed E-state index contributed by atoms with van der Waals surface area (Å²) < 4.78 is 0. The Labute approximate surface area is 104 Å². The van der Waals surface area contributed by atoms with Crippen LogP contribution in [-0.4, -0.2) is 51.9 Å². The molecule has 0 aliphatic carbocycles. The number of carbonyl (C=O) groups is 3. The molecule has 1 heterocycles. The van der Waals surface area contributed by atoms with Gasteiger partial charge in [0.25, 0.3) is 0 Å². The second kappa shape index (κ2) is 6.61. The van der Waals surface area contributed by atoms with Crippen molar-refractivity contribution in [3.63, 3.8) is 0 Å². The van der Waals surface area contributed by atoms with Gasteiger partial charge in [-0.25, -0.2) is 0 Å². The number of hydrogen-bond donors (Lipinski definition) is 2. The average molecular weight is 260 g/mol. The van der Waals surface area contributed by atoms with E-state index >= 15 is 0 Å². The van der Waals surface area contributed by atoms with Gasteiger partial charge in [0.05, 0.1) is 0 Å². The van der Waals surface area contributed by atoms with E-state index in [0.29, 0.717) is 37.3 Å². The zero-order chi connectivity index (χ0) is 12.8. The van der Waals surface area contributed by atoms with Gasteiger partial charge in [-0.15, -0.1) is 0 Å². The van der Waals surface area contributed by atoms with Crippen molar-refractivity contribution in [3.8, 4) is 0 Å². The molecule has 0 aromatic rings. The van der Waals surface area contributed by atoms with E-state index in [-0.39, 0.29) is 11.8 Å². The highest BCUT2D eigenvalue weighted by Gasteiger charge is 2.27.